The van der Waals surface area contributed by atoms with Gasteiger partial charge in [-0.1, -0.05) is 13.8 Å². The van der Waals surface area contributed by atoms with E-state index in [1.807, 2.05) is 13.8 Å². The molecular weight excluding hydrogens is 378 g/mol. The lowest BCUT2D eigenvalue weighted by atomic mass is 9.45. The molecule has 0 radical (unpaired) electrons. The molecule has 0 aromatic rings. The number of rotatable bonds is 2. The summed E-state index contributed by atoms with van der Waals surface area (Å²) in [5.74, 6) is -4.22. The lowest BCUT2D eigenvalue weighted by molar-refractivity contribution is -0.192. The summed E-state index contributed by atoms with van der Waals surface area (Å²) in [4.78, 5) is 36.5. The minimum absolute atomic E-state index is 0.0157. The molecule has 0 N–H and O–H groups in total. The number of hydrogen-bond donors (Lipinski definition) is 0. The number of fused-ring (bicyclic) bond motifs is 5. The van der Waals surface area contributed by atoms with Crippen LogP contribution in [-0.4, -0.2) is 29.1 Å². The van der Waals surface area contributed by atoms with Crippen LogP contribution in [0.4, 0.5) is 8.78 Å². The molecule has 0 aliphatic heterocycles. The molecule has 0 saturated heterocycles. The second-order valence-corrected chi connectivity index (χ2v) is 10.2. The number of Topliss-reactive ketones (excluding diaryl/α,β-unsaturated/α-hetero) is 1. The first-order chi connectivity index (χ1) is 13.4. The van der Waals surface area contributed by atoms with E-state index in [9.17, 15) is 14.4 Å². The summed E-state index contributed by atoms with van der Waals surface area (Å²) in [5, 5.41) is 0. The lowest BCUT2D eigenvalue weighted by Gasteiger charge is -2.60. The van der Waals surface area contributed by atoms with Gasteiger partial charge in [0.25, 0.3) is 5.92 Å². The Labute approximate surface area is 170 Å². The Morgan fingerprint density at radius 1 is 1.07 bits per heavy atom. The molecule has 0 unspecified atom stereocenters. The number of ketones is 2. The maximum atomic E-state index is 15.3. The van der Waals surface area contributed by atoms with Crippen molar-refractivity contribution in [3.05, 3.63) is 11.6 Å². The van der Waals surface area contributed by atoms with Crippen molar-refractivity contribution in [1.29, 1.82) is 0 Å². The molecule has 4 aliphatic carbocycles. The van der Waals surface area contributed by atoms with Crippen LogP contribution in [0.3, 0.4) is 0 Å². The number of hydrogen-bond acceptors (Lipinski definition) is 4. The third-order valence-corrected chi connectivity index (χ3v) is 8.96. The van der Waals surface area contributed by atoms with Crippen LogP contribution in [0.15, 0.2) is 11.6 Å². The summed E-state index contributed by atoms with van der Waals surface area (Å²) in [6.45, 7) is 6.62. The smallest absolute Gasteiger partial charge is 0.303 e. The average Bonchev–Trinajstić information content (AvgIpc) is 2.90. The van der Waals surface area contributed by atoms with Gasteiger partial charge in [0.2, 0.25) is 0 Å². The van der Waals surface area contributed by atoms with Gasteiger partial charge in [0, 0.05) is 30.8 Å². The lowest BCUT2D eigenvalue weighted by Crippen LogP contribution is -2.60. The molecule has 3 fully saturated rings. The topological polar surface area (TPSA) is 60.4 Å². The van der Waals surface area contributed by atoms with Crippen molar-refractivity contribution in [3.8, 4) is 0 Å². The van der Waals surface area contributed by atoms with Crippen LogP contribution in [0.5, 0.6) is 0 Å². The minimum Gasteiger partial charge on any atom is -0.451 e. The number of carbonyl (C=O) groups excluding carboxylic acids is 3. The molecule has 29 heavy (non-hydrogen) atoms. The van der Waals surface area contributed by atoms with Gasteiger partial charge >= 0.3 is 5.97 Å². The monoisotopic (exact) mass is 408 g/mol. The van der Waals surface area contributed by atoms with Crippen molar-refractivity contribution in [3.63, 3.8) is 0 Å². The molecule has 0 bridgehead atoms. The van der Waals surface area contributed by atoms with E-state index in [0.29, 0.717) is 38.5 Å². The molecule has 4 rings (SSSR count). The Morgan fingerprint density at radius 3 is 2.34 bits per heavy atom. The molecule has 4 nitrogen and oxygen atoms in total. The van der Waals surface area contributed by atoms with Crippen molar-refractivity contribution in [2.45, 2.75) is 84.2 Å². The zero-order valence-corrected chi connectivity index (χ0v) is 17.6. The number of ether oxygens (including phenoxy) is 1. The van der Waals surface area contributed by atoms with E-state index in [1.54, 1.807) is 0 Å². The third kappa shape index (κ3) is 2.63. The molecule has 6 heteroatoms. The largest absolute Gasteiger partial charge is 0.451 e. The van der Waals surface area contributed by atoms with Gasteiger partial charge in [-0.2, -0.15) is 0 Å². The summed E-state index contributed by atoms with van der Waals surface area (Å²) in [7, 11) is 0. The molecule has 3 saturated carbocycles. The van der Waals surface area contributed by atoms with Gasteiger partial charge < -0.3 is 4.74 Å². The fourth-order valence-electron chi connectivity index (χ4n) is 7.65. The van der Waals surface area contributed by atoms with Crippen LogP contribution in [0.25, 0.3) is 0 Å². The third-order valence-electron chi connectivity index (χ3n) is 8.96. The van der Waals surface area contributed by atoms with Gasteiger partial charge in [-0.3, -0.25) is 14.4 Å². The molecule has 0 amide bonds. The van der Waals surface area contributed by atoms with Gasteiger partial charge in [0.05, 0.1) is 0 Å². The normalized spacial score (nSPS) is 45.5. The van der Waals surface area contributed by atoms with Crippen LogP contribution in [0.1, 0.15) is 72.6 Å². The zero-order chi connectivity index (χ0) is 21.4. The molecule has 4 aliphatic rings. The first-order valence-electron chi connectivity index (χ1n) is 10.7. The van der Waals surface area contributed by atoms with Gasteiger partial charge in [-0.25, -0.2) is 8.78 Å². The molecule has 0 aromatic carbocycles. The Balaban J connectivity index is 1.77. The first-order valence-corrected chi connectivity index (χ1v) is 10.7. The van der Waals surface area contributed by atoms with Crippen LogP contribution in [-0.2, 0) is 19.1 Å². The van der Waals surface area contributed by atoms with E-state index in [4.69, 9.17) is 4.74 Å². The first kappa shape index (κ1) is 20.7. The van der Waals surface area contributed by atoms with E-state index >= 15 is 8.78 Å². The van der Waals surface area contributed by atoms with E-state index in [-0.39, 0.29) is 41.3 Å². The number of halogens is 2. The second-order valence-electron chi connectivity index (χ2n) is 10.2. The Hall–Kier alpha value is -1.59. The van der Waals surface area contributed by atoms with Gasteiger partial charge in [0.1, 0.15) is 0 Å². The van der Waals surface area contributed by atoms with Gasteiger partial charge in [-0.05, 0) is 68.3 Å². The Bertz CT molecular complexity index is 818. The summed E-state index contributed by atoms with van der Waals surface area (Å²) in [6.07, 6.45) is 4.05. The van der Waals surface area contributed by atoms with Gasteiger partial charge in [0.15, 0.2) is 17.2 Å². The predicted molar refractivity (Wildman–Crippen MR) is 102 cm³/mol. The van der Waals surface area contributed by atoms with E-state index in [2.05, 4.69) is 0 Å². The fourth-order valence-corrected chi connectivity index (χ4v) is 7.65. The Kier molecular flexibility index (Phi) is 4.43. The summed E-state index contributed by atoms with van der Waals surface area (Å²) in [5.41, 5.74) is -2.53. The summed E-state index contributed by atoms with van der Waals surface area (Å²) >= 11 is 0. The summed E-state index contributed by atoms with van der Waals surface area (Å²) in [6, 6.07) is 0. The zero-order valence-electron chi connectivity index (χ0n) is 17.6. The SMILES string of the molecule is CC(=O)O[C@]1(C(C)=O)CC[C@H]2[C@@H]3CC(F)(F)C4=CC(=O)CC[C@]4(C)[C@H]3CC[C@@]21C. The number of carbonyl (C=O) groups is 3. The predicted octanol–water partition coefficient (Wildman–Crippen LogP) is 4.65. The summed E-state index contributed by atoms with van der Waals surface area (Å²) < 4.78 is 36.3. The van der Waals surface area contributed by atoms with E-state index in [1.165, 1.54) is 19.9 Å². The van der Waals surface area contributed by atoms with E-state index in [0.717, 1.165) is 0 Å². The molecular formula is C23H30F2O4. The minimum atomic E-state index is -3.02. The van der Waals surface area contributed by atoms with Crippen molar-refractivity contribution in [2.75, 3.05) is 0 Å². The molecule has 160 valence electrons. The highest BCUT2D eigenvalue weighted by molar-refractivity contribution is 5.92. The van der Waals surface area contributed by atoms with Crippen molar-refractivity contribution < 1.29 is 27.9 Å². The van der Waals surface area contributed by atoms with Crippen molar-refractivity contribution in [1.82, 2.24) is 0 Å². The van der Waals surface area contributed by atoms with Crippen molar-refractivity contribution in [2.24, 2.45) is 28.6 Å². The molecule has 0 spiro atoms. The molecule has 0 aromatic heterocycles. The maximum absolute atomic E-state index is 15.3. The highest BCUT2D eigenvalue weighted by Gasteiger charge is 2.70. The van der Waals surface area contributed by atoms with Crippen LogP contribution in [0, 0.1) is 28.6 Å². The van der Waals surface area contributed by atoms with Crippen molar-refractivity contribution >= 4 is 17.5 Å². The van der Waals surface area contributed by atoms with Crippen LogP contribution < -0.4 is 0 Å². The Morgan fingerprint density at radius 2 is 1.72 bits per heavy atom. The quantitative estimate of drug-likeness (QED) is 0.624. The number of esters is 1. The highest BCUT2D eigenvalue weighted by atomic mass is 19.3. The van der Waals surface area contributed by atoms with Crippen LogP contribution in [0.2, 0.25) is 0 Å². The van der Waals surface area contributed by atoms with Crippen LogP contribution >= 0.6 is 0 Å². The second kappa shape index (κ2) is 6.21. The standard InChI is InChI=1S/C23H30F2O4/c1-13(26)22(29-14(2)27)10-7-18-16-12-23(24,25)19-11-15(28)5-8-20(19,3)17(16)6-9-21(18,22)4/h11,16-18H,5-10,12H2,1-4H3/t16-,17+,18+,20-,21+,22+/m1/s1. The number of alkyl halides is 2. The fraction of sp³-hybridized carbons (Fsp3) is 0.783. The number of allylic oxidation sites excluding steroid dienone is 1. The molecule has 6 atom stereocenters. The average molecular weight is 408 g/mol. The van der Waals surface area contributed by atoms with E-state index < -0.39 is 28.3 Å². The van der Waals surface area contributed by atoms with Gasteiger partial charge in [-0.15, -0.1) is 0 Å². The highest BCUT2D eigenvalue weighted by Crippen LogP contribution is 2.70. The maximum Gasteiger partial charge on any atom is 0.303 e. The molecule has 0 heterocycles.